The van der Waals surface area contributed by atoms with Gasteiger partial charge in [0.15, 0.2) is 10.8 Å². The van der Waals surface area contributed by atoms with Crippen LogP contribution in [0.1, 0.15) is 23.3 Å². The number of carbonyl (C=O) groups excluding carboxylic acids is 2. The van der Waals surface area contributed by atoms with E-state index in [1.165, 1.54) is 11.3 Å². The van der Waals surface area contributed by atoms with Crippen molar-refractivity contribution in [1.29, 1.82) is 0 Å². The van der Waals surface area contributed by atoms with Crippen LogP contribution in [0.4, 0.5) is 11.4 Å². The van der Waals surface area contributed by atoms with Crippen molar-refractivity contribution >= 4 is 34.5 Å². The zero-order chi connectivity index (χ0) is 18.8. The van der Waals surface area contributed by atoms with Crippen LogP contribution in [0.5, 0.6) is 5.75 Å². The van der Waals surface area contributed by atoms with E-state index >= 15 is 0 Å². The predicted octanol–water partition coefficient (Wildman–Crippen LogP) is 3.79. The Labute approximate surface area is 159 Å². The molecule has 0 atom stereocenters. The van der Waals surface area contributed by atoms with Crippen molar-refractivity contribution in [1.82, 2.24) is 4.98 Å². The Hall–Kier alpha value is -3.13. The second-order valence-electron chi connectivity index (χ2n) is 6.00. The second-order valence-corrected chi connectivity index (χ2v) is 6.86. The molecule has 0 bridgehead atoms. The van der Waals surface area contributed by atoms with E-state index in [1.54, 1.807) is 54.0 Å². The molecule has 0 radical (unpaired) electrons. The molecule has 1 N–H and O–H groups in total. The van der Waals surface area contributed by atoms with Gasteiger partial charge in [-0.2, -0.15) is 0 Å². The van der Waals surface area contributed by atoms with Gasteiger partial charge in [-0.3, -0.25) is 9.59 Å². The number of methoxy groups -OCH3 is 1. The molecule has 1 fully saturated rings. The lowest BCUT2D eigenvalue weighted by atomic mass is 10.2. The molecule has 27 heavy (non-hydrogen) atoms. The fraction of sp³-hybridized carbons (Fsp3) is 0.211. The van der Waals surface area contributed by atoms with E-state index in [0.29, 0.717) is 46.6 Å². The number of nitrogens with zero attached hydrogens (tertiary/aromatic N) is 2. The highest BCUT2D eigenvalue weighted by atomic mass is 32.1. The van der Waals surface area contributed by atoms with Gasteiger partial charge >= 0.3 is 0 Å². The molecule has 1 aliphatic heterocycles. The van der Waals surface area contributed by atoms with Gasteiger partial charge < -0.3 is 19.4 Å². The number of aromatic nitrogens is 1. The molecule has 0 saturated carbocycles. The molecule has 3 aromatic rings. The van der Waals surface area contributed by atoms with Crippen molar-refractivity contribution in [2.75, 3.05) is 23.9 Å². The number of nitrogens with one attached hydrogen (secondary N) is 1. The van der Waals surface area contributed by atoms with Gasteiger partial charge in [-0.15, -0.1) is 11.3 Å². The van der Waals surface area contributed by atoms with Gasteiger partial charge in [0.2, 0.25) is 5.91 Å². The van der Waals surface area contributed by atoms with E-state index in [4.69, 9.17) is 9.15 Å². The number of furan rings is 1. The van der Waals surface area contributed by atoms with E-state index in [1.807, 2.05) is 0 Å². The summed E-state index contributed by atoms with van der Waals surface area (Å²) in [6.45, 7) is 0.676. The Kier molecular flexibility index (Phi) is 4.64. The van der Waals surface area contributed by atoms with Crippen LogP contribution in [-0.2, 0) is 4.79 Å². The van der Waals surface area contributed by atoms with Crippen molar-refractivity contribution in [3.63, 3.8) is 0 Å². The minimum absolute atomic E-state index is 0.0815. The summed E-state index contributed by atoms with van der Waals surface area (Å²) in [5.41, 5.74) is 1.59. The van der Waals surface area contributed by atoms with Crippen LogP contribution < -0.4 is 15.0 Å². The highest BCUT2D eigenvalue weighted by molar-refractivity contribution is 7.13. The van der Waals surface area contributed by atoms with Crippen molar-refractivity contribution < 1.29 is 18.7 Å². The molecule has 3 heterocycles. The maximum absolute atomic E-state index is 12.5. The Balaban J connectivity index is 1.52. The van der Waals surface area contributed by atoms with Crippen molar-refractivity contribution in [3.8, 4) is 16.5 Å². The highest BCUT2D eigenvalue weighted by Crippen LogP contribution is 2.34. The first-order valence-electron chi connectivity index (χ1n) is 8.45. The number of hydrogen-bond donors (Lipinski definition) is 1. The lowest BCUT2D eigenvalue weighted by Gasteiger charge is -2.19. The molecule has 8 heteroatoms. The Morgan fingerprint density at radius 3 is 2.96 bits per heavy atom. The highest BCUT2D eigenvalue weighted by Gasteiger charge is 2.24. The normalized spacial score (nSPS) is 13.8. The fourth-order valence-electron chi connectivity index (χ4n) is 2.97. The summed E-state index contributed by atoms with van der Waals surface area (Å²) in [5.74, 6) is 0.923. The topological polar surface area (TPSA) is 84.7 Å². The standard InChI is InChI=1S/C19H17N3O4S/c1-25-16-10-12(6-7-14(16)22-8-2-5-17(22)23)20-18(24)13-11-27-19(21-13)15-4-3-9-26-15/h3-4,6-7,9-11H,2,5,8H2,1H3,(H,20,24). The number of amides is 2. The molecule has 1 aliphatic rings. The number of carbonyl (C=O) groups is 2. The monoisotopic (exact) mass is 383 g/mol. The van der Waals surface area contributed by atoms with Crippen LogP contribution in [0.3, 0.4) is 0 Å². The van der Waals surface area contributed by atoms with E-state index in [2.05, 4.69) is 10.3 Å². The zero-order valence-electron chi connectivity index (χ0n) is 14.6. The third kappa shape index (κ3) is 3.43. The van der Waals surface area contributed by atoms with Crippen LogP contribution in [0.25, 0.3) is 10.8 Å². The molecular weight excluding hydrogens is 366 g/mol. The zero-order valence-corrected chi connectivity index (χ0v) is 15.4. The summed E-state index contributed by atoms with van der Waals surface area (Å²) in [4.78, 5) is 30.5. The summed E-state index contributed by atoms with van der Waals surface area (Å²) < 4.78 is 10.7. The lowest BCUT2D eigenvalue weighted by Crippen LogP contribution is -2.24. The predicted molar refractivity (Wildman–Crippen MR) is 102 cm³/mol. The fourth-order valence-corrected chi connectivity index (χ4v) is 3.73. The largest absolute Gasteiger partial charge is 0.494 e. The minimum Gasteiger partial charge on any atom is -0.494 e. The average Bonchev–Trinajstić information content (AvgIpc) is 3.42. The van der Waals surface area contributed by atoms with E-state index in [9.17, 15) is 9.59 Å². The molecular formula is C19H17N3O4S. The SMILES string of the molecule is COc1cc(NC(=O)c2csc(-c3ccco3)n2)ccc1N1CCCC1=O. The molecule has 0 aliphatic carbocycles. The van der Waals surface area contributed by atoms with Gasteiger partial charge in [-0.05, 0) is 30.7 Å². The van der Waals surface area contributed by atoms with Gasteiger partial charge in [0, 0.05) is 30.1 Å². The number of benzene rings is 1. The second kappa shape index (κ2) is 7.24. The Bertz CT molecular complexity index is 981. The Morgan fingerprint density at radius 2 is 2.26 bits per heavy atom. The van der Waals surface area contributed by atoms with Crippen molar-refractivity contribution in [2.24, 2.45) is 0 Å². The first-order valence-corrected chi connectivity index (χ1v) is 9.33. The van der Waals surface area contributed by atoms with Gasteiger partial charge in [-0.25, -0.2) is 4.98 Å². The molecule has 2 amide bonds. The molecule has 2 aromatic heterocycles. The van der Waals surface area contributed by atoms with Gasteiger partial charge in [0.25, 0.3) is 5.91 Å². The van der Waals surface area contributed by atoms with Gasteiger partial charge in [0.1, 0.15) is 11.4 Å². The number of hydrogen-bond acceptors (Lipinski definition) is 6. The third-order valence-electron chi connectivity index (χ3n) is 4.27. The lowest BCUT2D eigenvalue weighted by molar-refractivity contribution is -0.117. The number of anilines is 2. The molecule has 0 spiro atoms. The van der Waals surface area contributed by atoms with Crippen LogP contribution in [0.15, 0.2) is 46.4 Å². The summed E-state index contributed by atoms with van der Waals surface area (Å²) in [6, 6.07) is 8.81. The van der Waals surface area contributed by atoms with Crippen molar-refractivity contribution in [3.05, 3.63) is 47.7 Å². The third-order valence-corrected chi connectivity index (χ3v) is 5.13. The van der Waals surface area contributed by atoms with Gasteiger partial charge in [0.05, 0.1) is 19.1 Å². The summed E-state index contributed by atoms with van der Waals surface area (Å²) in [5, 5.41) is 5.14. The quantitative estimate of drug-likeness (QED) is 0.725. The van der Waals surface area contributed by atoms with E-state index in [0.717, 1.165) is 6.42 Å². The van der Waals surface area contributed by atoms with Crippen LogP contribution in [-0.4, -0.2) is 30.5 Å². The van der Waals surface area contributed by atoms with Gasteiger partial charge in [-0.1, -0.05) is 0 Å². The van der Waals surface area contributed by atoms with Crippen LogP contribution in [0.2, 0.25) is 0 Å². The van der Waals surface area contributed by atoms with E-state index in [-0.39, 0.29) is 11.8 Å². The smallest absolute Gasteiger partial charge is 0.275 e. The number of thiazole rings is 1. The maximum atomic E-state index is 12.5. The number of ether oxygens (including phenoxy) is 1. The molecule has 1 saturated heterocycles. The summed E-state index contributed by atoms with van der Waals surface area (Å²) >= 11 is 1.34. The molecule has 0 unspecified atom stereocenters. The number of rotatable bonds is 5. The van der Waals surface area contributed by atoms with Crippen LogP contribution >= 0.6 is 11.3 Å². The van der Waals surface area contributed by atoms with E-state index < -0.39 is 0 Å². The van der Waals surface area contributed by atoms with Crippen molar-refractivity contribution in [2.45, 2.75) is 12.8 Å². The Morgan fingerprint density at radius 1 is 1.37 bits per heavy atom. The summed E-state index contributed by atoms with van der Waals surface area (Å²) in [7, 11) is 1.54. The first kappa shape index (κ1) is 17.3. The maximum Gasteiger partial charge on any atom is 0.275 e. The molecule has 1 aromatic carbocycles. The molecule has 138 valence electrons. The first-order chi connectivity index (χ1) is 13.2. The molecule has 4 rings (SSSR count). The minimum atomic E-state index is -0.323. The summed E-state index contributed by atoms with van der Waals surface area (Å²) in [6.07, 6.45) is 2.95. The van der Waals surface area contributed by atoms with Crippen LogP contribution in [0, 0.1) is 0 Å². The average molecular weight is 383 g/mol. The molecule has 7 nitrogen and oxygen atoms in total.